The molecule has 4 heterocycles. The number of carbonyl (C=O) groups is 3. The minimum Gasteiger partial charge on any atom is -0.465 e. The summed E-state index contributed by atoms with van der Waals surface area (Å²) in [5.74, 6) is -2.24. The van der Waals surface area contributed by atoms with Crippen molar-refractivity contribution in [2.24, 2.45) is 11.8 Å². The molecular weight excluding hydrogens is 526 g/mol. The molecule has 1 spiro atoms. The van der Waals surface area contributed by atoms with E-state index in [0.717, 1.165) is 25.9 Å². The van der Waals surface area contributed by atoms with Gasteiger partial charge in [-0.05, 0) is 51.4 Å². The first-order chi connectivity index (χ1) is 19.9. The molecule has 4 rings (SSSR count). The van der Waals surface area contributed by atoms with Gasteiger partial charge in [0.05, 0.1) is 31.3 Å². The Hall–Kier alpha value is -2.27. The maximum absolute atomic E-state index is 14.5. The van der Waals surface area contributed by atoms with Crippen LogP contribution in [0.25, 0.3) is 0 Å². The van der Waals surface area contributed by atoms with Gasteiger partial charge in [0.1, 0.15) is 17.6 Å². The minimum atomic E-state index is -1.07. The number of esters is 1. The molecule has 10 heteroatoms. The molecule has 2 unspecified atom stereocenters. The second-order valence-electron chi connectivity index (χ2n) is 11.8. The molecule has 4 aliphatic rings. The van der Waals surface area contributed by atoms with Crippen LogP contribution in [0.5, 0.6) is 0 Å². The van der Waals surface area contributed by atoms with Crippen LogP contribution >= 0.6 is 0 Å². The fourth-order valence-corrected chi connectivity index (χ4v) is 7.36. The van der Waals surface area contributed by atoms with Crippen LogP contribution < -0.4 is 0 Å². The molecule has 5 atom stereocenters. The molecule has 230 valence electrons. The normalized spacial score (nSPS) is 30.8. The van der Waals surface area contributed by atoms with Crippen LogP contribution in [-0.2, 0) is 28.6 Å². The molecule has 2 bridgehead atoms. The van der Waals surface area contributed by atoms with Gasteiger partial charge in [0, 0.05) is 45.9 Å². The van der Waals surface area contributed by atoms with E-state index in [1.54, 1.807) is 22.0 Å². The maximum Gasteiger partial charge on any atom is 0.312 e. The number of allylic oxidation sites excluding steroid dienone is 1. The van der Waals surface area contributed by atoms with Gasteiger partial charge in [0.15, 0.2) is 0 Å². The zero-order valence-corrected chi connectivity index (χ0v) is 24.8. The first kappa shape index (κ1) is 31.7. The topological polar surface area (TPSA) is 109 Å². The Morgan fingerprint density at radius 2 is 1.90 bits per heavy atom. The SMILES string of the molecule is C=CCCCOC(=O)[C@@H]1[C@H]2C(=O)N(CCCCCO)C(C(=O)N(CC=C)CCN3CCOCC3)C23CC[C@@]1(CC)O3. The highest BCUT2D eigenvalue weighted by atomic mass is 16.6. The van der Waals surface area contributed by atoms with Crippen molar-refractivity contribution in [2.75, 3.05) is 65.7 Å². The molecule has 0 radical (unpaired) electrons. The number of likely N-dealkylation sites (tertiary alicyclic amines) is 1. The van der Waals surface area contributed by atoms with E-state index in [2.05, 4.69) is 18.1 Å². The third kappa shape index (κ3) is 6.26. The summed E-state index contributed by atoms with van der Waals surface area (Å²) in [7, 11) is 0. The Morgan fingerprint density at radius 3 is 2.59 bits per heavy atom. The summed E-state index contributed by atoms with van der Waals surface area (Å²) in [6, 6.07) is -0.814. The monoisotopic (exact) mass is 575 g/mol. The Labute approximate surface area is 244 Å². The van der Waals surface area contributed by atoms with Crippen LogP contribution in [0.3, 0.4) is 0 Å². The van der Waals surface area contributed by atoms with E-state index in [4.69, 9.17) is 14.2 Å². The zero-order valence-electron chi connectivity index (χ0n) is 24.8. The predicted octanol–water partition coefficient (Wildman–Crippen LogP) is 2.16. The van der Waals surface area contributed by atoms with Crippen LogP contribution in [0.15, 0.2) is 25.3 Å². The summed E-state index contributed by atoms with van der Waals surface area (Å²) >= 11 is 0. The van der Waals surface area contributed by atoms with Crippen molar-refractivity contribution in [3.05, 3.63) is 25.3 Å². The number of amides is 2. The number of ether oxygens (including phenoxy) is 3. The molecular formula is C31H49N3O7. The van der Waals surface area contributed by atoms with Gasteiger partial charge >= 0.3 is 5.97 Å². The number of rotatable bonds is 17. The van der Waals surface area contributed by atoms with E-state index < -0.39 is 35.0 Å². The largest absolute Gasteiger partial charge is 0.465 e. The average Bonchev–Trinajstić information content (AvgIpc) is 3.59. The molecule has 4 aliphatic heterocycles. The highest BCUT2D eigenvalue weighted by Gasteiger charge is 2.79. The van der Waals surface area contributed by atoms with Gasteiger partial charge < -0.3 is 29.1 Å². The molecule has 0 aromatic carbocycles. The van der Waals surface area contributed by atoms with E-state index in [9.17, 15) is 19.5 Å². The second-order valence-corrected chi connectivity index (χ2v) is 11.8. The molecule has 0 aliphatic carbocycles. The summed E-state index contributed by atoms with van der Waals surface area (Å²) in [5.41, 5.74) is -1.88. The molecule has 0 aromatic heterocycles. The van der Waals surface area contributed by atoms with Crippen LogP contribution in [0.1, 0.15) is 58.3 Å². The lowest BCUT2D eigenvalue weighted by molar-refractivity contribution is -0.162. The third-order valence-electron chi connectivity index (χ3n) is 9.47. The van der Waals surface area contributed by atoms with Gasteiger partial charge in [-0.25, -0.2) is 0 Å². The second kappa shape index (κ2) is 14.3. The Kier molecular flexibility index (Phi) is 11.0. The summed E-state index contributed by atoms with van der Waals surface area (Å²) in [6.07, 6.45) is 8.66. The van der Waals surface area contributed by atoms with Crippen LogP contribution in [0.2, 0.25) is 0 Å². The summed E-state index contributed by atoms with van der Waals surface area (Å²) in [5, 5.41) is 9.28. The number of aliphatic hydroxyl groups excluding tert-OH is 1. The third-order valence-corrected chi connectivity index (χ3v) is 9.47. The maximum atomic E-state index is 14.5. The van der Waals surface area contributed by atoms with Crippen molar-refractivity contribution in [3.63, 3.8) is 0 Å². The van der Waals surface area contributed by atoms with Crippen LogP contribution in [0.4, 0.5) is 0 Å². The molecule has 1 N–H and O–H groups in total. The predicted molar refractivity (Wildman–Crippen MR) is 154 cm³/mol. The lowest BCUT2D eigenvalue weighted by Crippen LogP contribution is -2.57. The molecule has 4 fully saturated rings. The van der Waals surface area contributed by atoms with Crippen molar-refractivity contribution < 1.29 is 33.7 Å². The molecule has 10 nitrogen and oxygen atoms in total. The first-order valence-electron chi connectivity index (χ1n) is 15.5. The summed E-state index contributed by atoms with van der Waals surface area (Å²) in [6.45, 7) is 14.9. The minimum absolute atomic E-state index is 0.0828. The average molecular weight is 576 g/mol. The first-order valence-corrected chi connectivity index (χ1v) is 15.5. The molecule has 2 amide bonds. The van der Waals surface area contributed by atoms with Crippen molar-refractivity contribution in [1.82, 2.24) is 14.7 Å². The number of carbonyl (C=O) groups excluding carboxylic acids is 3. The Balaban J connectivity index is 1.62. The van der Waals surface area contributed by atoms with E-state index in [1.807, 2.05) is 6.92 Å². The highest BCUT2D eigenvalue weighted by Crippen LogP contribution is 2.64. The van der Waals surface area contributed by atoms with Crippen LogP contribution in [0, 0.1) is 11.8 Å². The van der Waals surface area contributed by atoms with E-state index in [1.165, 1.54) is 0 Å². The smallest absolute Gasteiger partial charge is 0.312 e. The lowest BCUT2D eigenvalue weighted by atomic mass is 9.65. The van der Waals surface area contributed by atoms with Gasteiger partial charge in [-0.1, -0.05) is 19.1 Å². The quantitative estimate of drug-likeness (QED) is 0.160. The number of morpholine rings is 1. The standard InChI is InChI=1S/C31H49N3O7/c1-4-7-11-21-40-29(38)25-24-27(36)34(15-9-8-10-20-35)26(31(24)13-12-30(25,6-3)41-31)28(37)33(14-5-2)17-16-32-18-22-39-23-19-32/h4-5,24-26,35H,1-2,6-23H2,3H3/t24-,25-,26?,30+,31?/m0/s1. The lowest BCUT2D eigenvalue weighted by Gasteiger charge is -2.37. The number of aliphatic hydroxyl groups is 1. The Bertz CT molecular complexity index is 954. The fourth-order valence-electron chi connectivity index (χ4n) is 7.36. The van der Waals surface area contributed by atoms with Crippen molar-refractivity contribution in [2.45, 2.75) is 75.5 Å². The number of nitrogens with zero attached hydrogens (tertiary/aromatic N) is 3. The molecule has 41 heavy (non-hydrogen) atoms. The van der Waals surface area contributed by atoms with Gasteiger partial charge in [-0.3, -0.25) is 19.3 Å². The highest BCUT2D eigenvalue weighted by molar-refractivity contribution is 5.98. The number of fused-ring (bicyclic) bond motifs is 1. The zero-order chi connectivity index (χ0) is 29.5. The van der Waals surface area contributed by atoms with Crippen molar-refractivity contribution in [1.29, 1.82) is 0 Å². The van der Waals surface area contributed by atoms with Crippen LogP contribution in [-0.4, -0.2) is 121 Å². The summed E-state index contributed by atoms with van der Waals surface area (Å²) in [4.78, 5) is 48.1. The number of hydrogen-bond acceptors (Lipinski definition) is 8. The molecule has 0 aromatic rings. The molecule has 0 saturated carbocycles. The van der Waals surface area contributed by atoms with Gasteiger partial charge in [0.2, 0.25) is 11.8 Å². The number of unbranched alkanes of at least 4 members (excludes halogenated alkanes) is 3. The Morgan fingerprint density at radius 1 is 1.12 bits per heavy atom. The fraction of sp³-hybridized carbons (Fsp3) is 0.774. The van der Waals surface area contributed by atoms with E-state index >= 15 is 0 Å². The van der Waals surface area contributed by atoms with Crippen molar-refractivity contribution >= 4 is 17.8 Å². The van der Waals surface area contributed by atoms with E-state index in [0.29, 0.717) is 77.9 Å². The van der Waals surface area contributed by atoms with Gasteiger partial charge in [-0.2, -0.15) is 0 Å². The van der Waals surface area contributed by atoms with E-state index in [-0.39, 0.29) is 25.0 Å². The van der Waals surface area contributed by atoms with Gasteiger partial charge in [0.25, 0.3) is 0 Å². The molecule has 4 saturated heterocycles. The number of hydrogen-bond donors (Lipinski definition) is 1. The van der Waals surface area contributed by atoms with Crippen molar-refractivity contribution in [3.8, 4) is 0 Å². The summed E-state index contributed by atoms with van der Waals surface area (Å²) < 4.78 is 18.0. The van der Waals surface area contributed by atoms with Gasteiger partial charge in [-0.15, -0.1) is 13.2 Å².